The number of hydrogen-bond donors (Lipinski definition) is 1. The lowest BCUT2D eigenvalue weighted by Crippen LogP contribution is -2.43. The quantitative estimate of drug-likeness (QED) is 0.704. The highest BCUT2D eigenvalue weighted by atomic mass is 35.5. The lowest BCUT2D eigenvalue weighted by atomic mass is 10.2. The standard InChI is InChI=1S/C10H15ClN2O2/c1-10(2,3)15-9(14)12-13-7-5-4-6-8(13)11/h4-6H,7H2,1-3H3,(H,12,14). The van der Waals surface area contributed by atoms with Gasteiger partial charge in [0.15, 0.2) is 0 Å². The monoisotopic (exact) mass is 230 g/mol. The van der Waals surface area contributed by atoms with Crippen LogP contribution in [0.4, 0.5) is 4.79 Å². The first-order valence-corrected chi connectivity index (χ1v) is 5.06. The maximum atomic E-state index is 11.4. The molecular formula is C10H15ClN2O2. The molecular weight excluding hydrogens is 216 g/mol. The summed E-state index contributed by atoms with van der Waals surface area (Å²) in [4.78, 5) is 11.4. The van der Waals surface area contributed by atoms with Crippen LogP contribution in [0.2, 0.25) is 0 Å². The summed E-state index contributed by atoms with van der Waals surface area (Å²) in [7, 11) is 0. The number of halogens is 1. The maximum absolute atomic E-state index is 11.4. The molecule has 15 heavy (non-hydrogen) atoms. The molecule has 1 heterocycles. The second kappa shape index (κ2) is 4.57. The third kappa shape index (κ3) is 4.25. The fourth-order valence-corrected chi connectivity index (χ4v) is 1.19. The van der Waals surface area contributed by atoms with Gasteiger partial charge < -0.3 is 4.74 Å². The molecule has 84 valence electrons. The lowest BCUT2D eigenvalue weighted by Gasteiger charge is -2.27. The highest BCUT2D eigenvalue weighted by Gasteiger charge is 2.19. The number of amides is 1. The molecule has 0 atom stereocenters. The molecule has 0 radical (unpaired) electrons. The van der Waals surface area contributed by atoms with Crippen LogP contribution in [0.3, 0.4) is 0 Å². The van der Waals surface area contributed by atoms with Crippen LogP contribution in [0.15, 0.2) is 23.4 Å². The summed E-state index contributed by atoms with van der Waals surface area (Å²) in [6.07, 6.45) is 4.89. The van der Waals surface area contributed by atoms with Gasteiger partial charge in [0.05, 0.1) is 6.54 Å². The number of rotatable bonds is 1. The van der Waals surface area contributed by atoms with Crippen molar-refractivity contribution in [2.75, 3.05) is 6.54 Å². The number of carbonyl (C=O) groups excluding carboxylic acids is 1. The fraction of sp³-hybridized carbons (Fsp3) is 0.500. The van der Waals surface area contributed by atoms with E-state index in [0.717, 1.165) is 0 Å². The topological polar surface area (TPSA) is 41.6 Å². The minimum atomic E-state index is -0.510. The van der Waals surface area contributed by atoms with Gasteiger partial charge in [0.1, 0.15) is 10.8 Å². The van der Waals surface area contributed by atoms with Crippen LogP contribution in [0.5, 0.6) is 0 Å². The minimum Gasteiger partial charge on any atom is -0.443 e. The van der Waals surface area contributed by atoms with E-state index in [4.69, 9.17) is 16.3 Å². The van der Waals surface area contributed by atoms with Crippen LogP contribution < -0.4 is 5.43 Å². The van der Waals surface area contributed by atoms with Gasteiger partial charge in [-0.25, -0.2) is 10.2 Å². The molecule has 0 aromatic heterocycles. The van der Waals surface area contributed by atoms with Crippen molar-refractivity contribution < 1.29 is 9.53 Å². The maximum Gasteiger partial charge on any atom is 0.426 e. The predicted octanol–water partition coefficient (Wildman–Crippen LogP) is 2.38. The number of carbonyl (C=O) groups is 1. The minimum absolute atomic E-state index is 0.461. The third-order valence-corrected chi connectivity index (χ3v) is 1.87. The molecule has 1 rings (SSSR count). The third-order valence-electron chi connectivity index (χ3n) is 1.54. The van der Waals surface area contributed by atoms with Crippen LogP contribution in [-0.4, -0.2) is 23.2 Å². The largest absolute Gasteiger partial charge is 0.443 e. The van der Waals surface area contributed by atoms with Crippen molar-refractivity contribution in [3.8, 4) is 0 Å². The Bertz CT molecular complexity index is 305. The number of nitrogens with one attached hydrogen (secondary N) is 1. The number of ether oxygens (including phenoxy) is 1. The summed E-state index contributed by atoms with van der Waals surface area (Å²) in [5, 5.41) is 1.97. The Balaban J connectivity index is 2.46. The molecule has 1 amide bonds. The van der Waals surface area contributed by atoms with E-state index in [0.29, 0.717) is 11.7 Å². The van der Waals surface area contributed by atoms with Crippen LogP contribution in [-0.2, 0) is 4.74 Å². The molecule has 0 aliphatic carbocycles. The van der Waals surface area contributed by atoms with E-state index in [1.165, 1.54) is 5.01 Å². The van der Waals surface area contributed by atoms with Crippen LogP contribution in [0, 0.1) is 0 Å². The van der Waals surface area contributed by atoms with Gasteiger partial charge in [-0.05, 0) is 26.8 Å². The molecule has 0 bridgehead atoms. The van der Waals surface area contributed by atoms with Crippen LogP contribution in [0.25, 0.3) is 0 Å². The van der Waals surface area contributed by atoms with Gasteiger partial charge in [0.2, 0.25) is 0 Å². The highest BCUT2D eigenvalue weighted by Crippen LogP contribution is 2.12. The van der Waals surface area contributed by atoms with Crippen molar-refractivity contribution in [3.05, 3.63) is 23.4 Å². The Kier molecular flexibility index (Phi) is 3.63. The van der Waals surface area contributed by atoms with Crippen molar-refractivity contribution in [2.24, 2.45) is 0 Å². The molecule has 1 N–H and O–H groups in total. The number of nitrogens with zero attached hydrogens (tertiary/aromatic N) is 1. The summed E-state index contributed by atoms with van der Waals surface area (Å²) < 4.78 is 5.09. The first-order chi connectivity index (χ1) is 6.88. The Morgan fingerprint density at radius 2 is 2.27 bits per heavy atom. The van der Waals surface area contributed by atoms with Crippen molar-refractivity contribution >= 4 is 17.7 Å². The number of allylic oxidation sites excluding steroid dienone is 2. The Labute approximate surface area is 94.5 Å². The molecule has 5 heteroatoms. The zero-order valence-electron chi connectivity index (χ0n) is 9.08. The second-order valence-electron chi connectivity index (χ2n) is 4.14. The van der Waals surface area contributed by atoms with Crippen LogP contribution in [0.1, 0.15) is 20.8 Å². The summed E-state index contributed by atoms with van der Waals surface area (Å²) in [6.45, 7) is 5.95. The summed E-state index contributed by atoms with van der Waals surface area (Å²) in [6, 6.07) is 0. The van der Waals surface area contributed by atoms with Gasteiger partial charge in [-0.15, -0.1) is 0 Å². The molecule has 0 spiro atoms. The van der Waals surface area contributed by atoms with E-state index in [9.17, 15) is 4.79 Å². The normalized spacial score (nSPS) is 16.0. The second-order valence-corrected chi connectivity index (χ2v) is 4.53. The van der Waals surface area contributed by atoms with Gasteiger partial charge in [0, 0.05) is 0 Å². The van der Waals surface area contributed by atoms with E-state index in [1.807, 2.05) is 12.2 Å². The van der Waals surface area contributed by atoms with Crippen molar-refractivity contribution in [3.63, 3.8) is 0 Å². The zero-order chi connectivity index (χ0) is 11.5. The molecule has 1 aliphatic rings. The van der Waals surface area contributed by atoms with Gasteiger partial charge in [-0.3, -0.25) is 5.01 Å². The Hall–Kier alpha value is -1.16. The van der Waals surface area contributed by atoms with Gasteiger partial charge in [-0.1, -0.05) is 23.8 Å². The number of hydrogen-bond acceptors (Lipinski definition) is 3. The summed E-state index contributed by atoms with van der Waals surface area (Å²) in [5.41, 5.74) is 2.04. The lowest BCUT2D eigenvalue weighted by molar-refractivity contribution is 0.0399. The first-order valence-electron chi connectivity index (χ1n) is 4.68. The molecule has 0 saturated carbocycles. The Morgan fingerprint density at radius 1 is 1.60 bits per heavy atom. The van der Waals surface area contributed by atoms with E-state index < -0.39 is 11.7 Å². The van der Waals surface area contributed by atoms with Crippen LogP contribution >= 0.6 is 11.6 Å². The fourth-order valence-electron chi connectivity index (χ4n) is 1.00. The SMILES string of the molecule is CC(C)(C)OC(=O)NN1CC=CC=C1Cl. The molecule has 1 aliphatic heterocycles. The number of hydrazine groups is 1. The van der Waals surface area contributed by atoms with Gasteiger partial charge in [0.25, 0.3) is 0 Å². The molecule has 0 aromatic carbocycles. The average Bonchev–Trinajstić information content (AvgIpc) is 2.05. The molecule has 4 nitrogen and oxygen atoms in total. The average molecular weight is 231 g/mol. The van der Waals surface area contributed by atoms with E-state index >= 15 is 0 Å². The molecule has 0 fully saturated rings. The summed E-state index contributed by atoms with van der Waals surface area (Å²) >= 11 is 5.86. The highest BCUT2D eigenvalue weighted by molar-refractivity contribution is 6.29. The molecule has 0 saturated heterocycles. The predicted molar refractivity (Wildman–Crippen MR) is 59.2 cm³/mol. The van der Waals surface area contributed by atoms with Crippen molar-refractivity contribution in [1.82, 2.24) is 10.4 Å². The van der Waals surface area contributed by atoms with Gasteiger partial charge >= 0.3 is 6.09 Å². The first kappa shape index (κ1) is 11.9. The van der Waals surface area contributed by atoms with E-state index in [-0.39, 0.29) is 0 Å². The smallest absolute Gasteiger partial charge is 0.426 e. The molecule has 0 aromatic rings. The van der Waals surface area contributed by atoms with Gasteiger partial charge in [-0.2, -0.15) is 0 Å². The van der Waals surface area contributed by atoms with E-state index in [1.54, 1.807) is 26.8 Å². The summed E-state index contributed by atoms with van der Waals surface area (Å²) in [5.74, 6) is 0. The van der Waals surface area contributed by atoms with Crippen molar-refractivity contribution in [1.29, 1.82) is 0 Å². The molecule has 0 unspecified atom stereocenters. The van der Waals surface area contributed by atoms with E-state index in [2.05, 4.69) is 5.43 Å². The van der Waals surface area contributed by atoms with Crippen molar-refractivity contribution in [2.45, 2.75) is 26.4 Å². The zero-order valence-corrected chi connectivity index (χ0v) is 9.84. The Morgan fingerprint density at radius 3 is 2.80 bits per heavy atom.